The molecular formula is C63H96ClF4N9O12. The first-order valence-electron chi connectivity index (χ1n) is 30.0. The second kappa shape index (κ2) is 30.3. The summed E-state index contributed by atoms with van der Waals surface area (Å²) in [6, 6.07) is 2.19. The first-order chi connectivity index (χ1) is 40.9. The van der Waals surface area contributed by atoms with Crippen LogP contribution in [0.1, 0.15) is 123 Å². The smallest absolute Gasteiger partial charge is 0.410 e. The number of nitrogens with one attached hydrogen (secondary N) is 2. The number of nitrogens with zero attached hydrogens (tertiary/aromatic N) is 7. The maximum absolute atomic E-state index is 14.3. The fraction of sp³-hybridized carbons (Fsp3) is 0.683. The number of hydrogen-bond donors (Lipinski definition) is 2. The third kappa shape index (κ3) is 20.4. The topological polar surface area (TPSA) is 220 Å². The van der Waals surface area contributed by atoms with Gasteiger partial charge in [-0.15, -0.1) is 0 Å². The minimum Gasteiger partial charge on any atom is -0.493 e. The van der Waals surface area contributed by atoms with E-state index in [0.717, 1.165) is 43.5 Å². The first kappa shape index (κ1) is 74.7. The van der Waals surface area contributed by atoms with E-state index in [1.54, 1.807) is 93.4 Å². The number of likely N-dealkylation sites (N-methyl/N-ethyl adjacent to an activating group) is 2. The summed E-state index contributed by atoms with van der Waals surface area (Å²) in [6.07, 6.45) is 1.90. The SMILES string of the molecule is CN(C)C(=O)Cl.C[C@@H](C(=O)N[C@H](C(=O)N1CC[C@@H]2[C@H]1[C@@H](COc1ccc(F)c(F)c1)CN2C(=O)N(C)C)C(C)(C)C)N(C)C(=O)OC(C)(C)C.C[C@@H](C(=O)N[C@H](C(=O)N1CC[C@H]2CC[C@H](COc3ccc(F)c(F)c3)[C@H]21)C(C)(C)C)N(C)C(=O)OC(C)(C)C. The Labute approximate surface area is 527 Å². The summed E-state index contributed by atoms with van der Waals surface area (Å²) < 4.78 is 76.6. The molecule has 89 heavy (non-hydrogen) atoms. The molecule has 0 bridgehead atoms. The van der Waals surface area contributed by atoms with Crippen LogP contribution in [-0.4, -0.2) is 210 Å². The fourth-order valence-electron chi connectivity index (χ4n) is 11.0. The van der Waals surface area contributed by atoms with E-state index in [-0.39, 0.29) is 66.5 Å². The molecule has 0 spiro atoms. The quantitative estimate of drug-likeness (QED) is 0.103. The summed E-state index contributed by atoms with van der Waals surface area (Å²) in [5, 5.41) is 5.34. The molecule has 500 valence electrons. The summed E-state index contributed by atoms with van der Waals surface area (Å²) in [4.78, 5) is 113. The highest BCUT2D eigenvalue weighted by Gasteiger charge is 2.55. The van der Waals surface area contributed by atoms with Crippen LogP contribution in [0.5, 0.6) is 11.5 Å². The fourth-order valence-corrected chi connectivity index (χ4v) is 11.0. The molecule has 6 rings (SSSR count). The van der Waals surface area contributed by atoms with Gasteiger partial charge in [0.25, 0.3) is 0 Å². The standard InChI is InChI=1S/C31H47F2N5O6.C29H43F2N3O5.C3H6ClNO/c1-18(36(10)29(42)44-31(5,6)7)26(39)34-25(30(2,3)4)27(40)37-14-13-23-24(37)19(16-38(23)28(41)35(8)9)17-43-20-11-12-21(32)22(33)15-20;1-17(33(8)27(37)39-29(5,6)7)25(35)32-24(28(2,3)4)26(36)34-14-13-18-9-10-19(23(18)34)16-38-20-11-12-21(30)22(31)15-20;1-5(2)3(4)6/h11-12,15,18-19,23-25H,13-14,16-17H2,1-10H3,(H,34,39);11-12,15,17-19,23-24H,9-10,13-14,16H2,1-8H3,(H,32,35);1-2H3/t18-,19+,23+,24+,25+;17-,18+,19+,23-,24+;/m00./s1. The third-order valence-corrected chi connectivity index (χ3v) is 16.4. The van der Waals surface area contributed by atoms with E-state index in [4.69, 9.17) is 30.5 Å². The maximum Gasteiger partial charge on any atom is 0.410 e. The molecule has 9 amide bonds. The number of amides is 9. The lowest BCUT2D eigenvalue weighted by Crippen LogP contribution is -2.60. The minimum atomic E-state index is -1.04. The highest BCUT2D eigenvalue weighted by molar-refractivity contribution is 6.62. The van der Waals surface area contributed by atoms with E-state index >= 15 is 0 Å². The Morgan fingerprint density at radius 1 is 0.551 bits per heavy atom. The summed E-state index contributed by atoms with van der Waals surface area (Å²) in [6.45, 7) is 26.3. The summed E-state index contributed by atoms with van der Waals surface area (Å²) >= 11 is 4.90. The van der Waals surface area contributed by atoms with Gasteiger partial charge in [-0.2, -0.15) is 0 Å². The van der Waals surface area contributed by atoms with Gasteiger partial charge in [0.2, 0.25) is 23.6 Å². The Kier molecular flexibility index (Phi) is 25.5. The van der Waals surface area contributed by atoms with E-state index in [0.29, 0.717) is 32.0 Å². The van der Waals surface area contributed by atoms with E-state index in [1.807, 2.05) is 46.4 Å². The summed E-state index contributed by atoms with van der Waals surface area (Å²) in [5.74, 6) is -4.98. The molecule has 2 N–H and O–H groups in total. The predicted octanol–water partition coefficient (Wildman–Crippen LogP) is 9.38. The molecule has 0 aromatic heterocycles. The number of hydrogen-bond acceptors (Lipinski definition) is 12. The Bertz CT molecular complexity index is 2840. The third-order valence-electron chi connectivity index (χ3n) is 16.0. The number of benzene rings is 2. The number of fused-ring (bicyclic) bond motifs is 2. The van der Waals surface area contributed by atoms with Crippen molar-refractivity contribution in [2.75, 3.05) is 75.1 Å². The molecule has 2 aromatic rings. The zero-order valence-electron chi connectivity index (χ0n) is 55.5. The molecule has 4 fully saturated rings. The largest absolute Gasteiger partial charge is 0.493 e. The van der Waals surface area contributed by atoms with Gasteiger partial charge in [-0.3, -0.25) is 33.8 Å². The van der Waals surface area contributed by atoms with Gasteiger partial charge in [0.15, 0.2) is 23.3 Å². The normalized spacial score (nSPS) is 21.0. The zero-order chi connectivity index (χ0) is 67.7. The Morgan fingerprint density at radius 3 is 1.31 bits per heavy atom. The van der Waals surface area contributed by atoms with Crippen molar-refractivity contribution in [2.45, 2.75) is 176 Å². The molecule has 2 aromatic carbocycles. The van der Waals surface area contributed by atoms with Gasteiger partial charge < -0.3 is 54.1 Å². The zero-order valence-corrected chi connectivity index (χ0v) is 56.3. The van der Waals surface area contributed by atoms with Crippen molar-refractivity contribution in [3.8, 4) is 11.5 Å². The van der Waals surface area contributed by atoms with Crippen LogP contribution in [-0.2, 0) is 28.7 Å². The Hall–Kier alpha value is -6.79. The van der Waals surface area contributed by atoms with Gasteiger partial charge in [-0.25, -0.2) is 31.9 Å². The van der Waals surface area contributed by atoms with E-state index in [9.17, 15) is 55.9 Å². The monoisotopic (exact) mass is 1280 g/mol. The average Bonchev–Trinajstić information content (AvgIpc) is 1.64. The van der Waals surface area contributed by atoms with E-state index in [1.165, 1.54) is 45.8 Å². The molecule has 1 aliphatic carbocycles. The molecule has 1 saturated carbocycles. The second-order valence-corrected chi connectivity index (χ2v) is 28.3. The van der Waals surface area contributed by atoms with Gasteiger partial charge in [0.05, 0.1) is 25.3 Å². The molecule has 21 nitrogen and oxygen atoms in total. The van der Waals surface area contributed by atoms with Crippen LogP contribution in [0, 0.1) is 51.9 Å². The van der Waals surface area contributed by atoms with E-state index in [2.05, 4.69) is 10.6 Å². The van der Waals surface area contributed by atoms with Gasteiger partial charge in [-0.05, 0) is 134 Å². The molecule has 0 unspecified atom stereocenters. The van der Waals surface area contributed by atoms with Crippen molar-refractivity contribution in [1.29, 1.82) is 0 Å². The van der Waals surface area contributed by atoms with Gasteiger partial charge in [0.1, 0.15) is 46.9 Å². The molecular weight excluding hydrogens is 1190 g/mol. The summed E-state index contributed by atoms with van der Waals surface area (Å²) in [5.41, 5.74) is -2.74. The van der Waals surface area contributed by atoms with E-state index < -0.39 is 105 Å². The first-order valence-corrected chi connectivity index (χ1v) is 30.4. The lowest BCUT2D eigenvalue weighted by atomic mass is 9.85. The van der Waals surface area contributed by atoms with Crippen LogP contribution in [0.25, 0.3) is 0 Å². The highest BCUT2D eigenvalue weighted by Crippen LogP contribution is 2.43. The maximum atomic E-state index is 14.3. The lowest BCUT2D eigenvalue weighted by Gasteiger charge is -2.38. The van der Waals surface area contributed by atoms with Gasteiger partial charge in [-0.1, -0.05) is 41.5 Å². The van der Waals surface area contributed by atoms with Crippen LogP contribution in [0.4, 0.5) is 36.7 Å². The highest BCUT2D eigenvalue weighted by atomic mass is 35.5. The number of likely N-dealkylation sites (tertiary alicyclic amines) is 3. The molecule has 4 aliphatic rings. The second-order valence-electron chi connectivity index (χ2n) is 27.9. The molecule has 3 saturated heterocycles. The van der Waals surface area contributed by atoms with Crippen molar-refractivity contribution < 1.29 is 74.9 Å². The van der Waals surface area contributed by atoms with Crippen molar-refractivity contribution >= 4 is 58.8 Å². The Morgan fingerprint density at radius 2 is 0.944 bits per heavy atom. The molecule has 0 radical (unpaired) electrons. The van der Waals surface area contributed by atoms with Crippen LogP contribution in [0.15, 0.2) is 36.4 Å². The Balaban J connectivity index is 0.000000350. The minimum absolute atomic E-state index is 0.0307. The number of ether oxygens (including phenoxy) is 4. The number of halogens is 5. The van der Waals surface area contributed by atoms with Gasteiger partial charge >= 0.3 is 23.6 Å². The lowest BCUT2D eigenvalue weighted by molar-refractivity contribution is -0.142. The van der Waals surface area contributed by atoms with Crippen LogP contribution in [0.3, 0.4) is 0 Å². The van der Waals surface area contributed by atoms with Crippen molar-refractivity contribution in [3.63, 3.8) is 0 Å². The number of carbonyl (C=O) groups excluding carboxylic acids is 8. The van der Waals surface area contributed by atoms with Crippen LogP contribution >= 0.6 is 11.6 Å². The number of carbonyl (C=O) groups is 8. The van der Waals surface area contributed by atoms with Gasteiger partial charge in [0, 0.05) is 91.9 Å². The number of rotatable bonds is 14. The summed E-state index contributed by atoms with van der Waals surface area (Å²) in [7, 11) is 9.45. The molecule has 3 heterocycles. The molecule has 3 aliphatic heterocycles. The van der Waals surface area contributed by atoms with Crippen molar-refractivity contribution in [3.05, 3.63) is 59.7 Å². The predicted molar refractivity (Wildman–Crippen MR) is 328 cm³/mol. The number of urea groups is 1. The van der Waals surface area contributed by atoms with Crippen LogP contribution < -0.4 is 20.1 Å². The molecule has 26 heteroatoms. The van der Waals surface area contributed by atoms with Crippen molar-refractivity contribution in [2.24, 2.45) is 28.6 Å². The average molecular weight is 1280 g/mol. The van der Waals surface area contributed by atoms with Crippen LogP contribution in [0.2, 0.25) is 0 Å². The molecule has 10 atom stereocenters. The van der Waals surface area contributed by atoms with Crippen molar-refractivity contribution in [1.82, 2.24) is 44.9 Å².